The highest BCUT2D eigenvalue weighted by Gasteiger charge is 2.35. The van der Waals surface area contributed by atoms with E-state index in [4.69, 9.17) is 0 Å². The number of hydrogen-bond acceptors (Lipinski definition) is 3. The summed E-state index contributed by atoms with van der Waals surface area (Å²) in [6, 6.07) is 0. The molecule has 0 radical (unpaired) electrons. The monoisotopic (exact) mass is 226 g/mol. The second-order valence-corrected chi connectivity index (χ2v) is 5.49. The van der Waals surface area contributed by atoms with Crippen LogP contribution < -0.4 is 0 Å². The minimum atomic E-state index is 0.00597. The van der Waals surface area contributed by atoms with E-state index in [2.05, 4.69) is 13.8 Å². The van der Waals surface area contributed by atoms with Gasteiger partial charge in [0.05, 0.1) is 5.92 Å². The molecule has 0 aromatic carbocycles. The first kappa shape index (κ1) is 11.9. The number of amides is 1. The van der Waals surface area contributed by atoms with Crippen molar-refractivity contribution in [1.29, 1.82) is 0 Å². The fourth-order valence-electron chi connectivity index (χ4n) is 2.57. The third kappa shape index (κ3) is 2.38. The molecule has 2 aliphatic heterocycles. The van der Waals surface area contributed by atoms with Crippen molar-refractivity contribution in [3.8, 4) is 0 Å². The molecule has 4 heteroatoms. The summed E-state index contributed by atoms with van der Waals surface area (Å²) in [5.74, 6) is 1.22. The zero-order valence-electron chi connectivity index (χ0n) is 10.2. The first-order valence-corrected chi connectivity index (χ1v) is 6.30. The maximum absolute atomic E-state index is 12.1. The van der Waals surface area contributed by atoms with Crippen molar-refractivity contribution in [3.63, 3.8) is 0 Å². The van der Waals surface area contributed by atoms with Gasteiger partial charge in [-0.2, -0.15) is 5.06 Å². The molecule has 0 unspecified atom stereocenters. The Morgan fingerprint density at radius 1 is 1.31 bits per heavy atom. The third-order valence-corrected chi connectivity index (χ3v) is 3.92. The van der Waals surface area contributed by atoms with Crippen LogP contribution in [0.25, 0.3) is 0 Å². The van der Waals surface area contributed by atoms with E-state index in [9.17, 15) is 10.0 Å². The number of piperidine rings is 1. The third-order valence-electron chi connectivity index (χ3n) is 3.92. The lowest BCUT2D eigenvalue weighted by molar-refractivity contribution is -0.162. The van der Waals surface area contributed by atoms with Crippen LogP contribution in [0.15, 0.2) is 0 Å². The van der Waals surface area contributed by atoms with Crippen LogP contribution >= 0.6 is 0 Å². The summed E-state index contributed by atoms with van der Waals surface area (Å²) in [5, 5.41) is 11.0. The molecule has 2 heterocycles. The molecule has 92 valence electrons. The topological polar surface area (TPSA) is 43.8 Å². The molecular formula is C12H22N2O2. The highest BCUT2D eigenvalue weighted by molar-refractivity contribution is 5.79. The first-order chi connectivity index (χ1) is 7.58. The standard InChI is InChI=1S/C12H22N2O2/c1-9(2)10-6-11(8-14(16)7-10)12(15)13-4-3-5-13/h9-11,16H,3-8H2,1-2H3/t10-,11+/m1/s1. The number of hydrogen-bond donors (Lipinski definition) is 1. The Balaban J connectivity index is 1.95. The molecule has 2 fully saturated rings. The summed E-state index contributed by atoms with van der Waals surface area (Å²) >= 11 is 0. The van der Waals surface area contributed by atoms with Crippen molar-refractivity contribution in [2.24, 2.45) is 17.8 Å². The molecule has 2 aliphatic rings. The summed E-state index contributed by atoms with van der Waals surface area (Å²) in [5.41, 5.74) is 0. The van der Waals surface area contributed by atoms with Gasteiger partial charge in [0, 0.05) is 26.2 Å². The van der Waals surface area contributed by atoms with E-state index in [1.807, 2.05) is 4.90 Å². The molecule has 4 nitrogen and oxygen atoms in total. The lowest BCUT2D eigenvalue weighted by Gasteiger charge is -2.40. The number of nitrogens with zero attached hydrogens (tertiary/aromatic N) is 2. The van der Waals surface area contributed by atoms with Crippen molar-refractivity contribution >= 4 is 5.91 Å². The fourth-order valence-corrected chi connectivity index (χ4v) is 2.57. The molecule has 0 saturated carbocycles. The average molecular weight is 226 g/mol. The average Bonchev–Trinajstić information content (AvgIpc) is 2.13. The normalized spacial score (nSPS) is 31.6. The maximum atomic E-state index is 12.1. The van der Waals surface area contributed by atoms with E-state index in [1.165, 1.54) is 5.06 Å². The van der Waals surface area contributed by atoms with Gasteiger partial charge in [0.25, 0.3) is 0 Å². The zero-order chi connectivity index (χ0) is 11.7. The van der Waals surface area contributed by atoms with Gasteiger partial charge in [-0.1, -0.05) is 13.8 Å². The van der Waals surface area contributed by atoms with E-state index in [-0.39, 0.29) is 11.8 Å². The summed E-state index contributed by atoms with van der Waals surface area (Å²) < 4.78 is 0. The molecular weight excluding hydrogens is 204 g/mol. The van der Waals surface area contributed by atoms with Gasteiger partial charge >= 0.3 is 0 Å². The quantitative estimate of drug-likeness (QED) is 0.769. The largest absolute Gasteiger partial charge is 0.342 e. The van der Waals surface area contributed by atoms with Crippen molar-refractivity contribution in [3.05, 3.63) is 0 Å². The zero-order valence-corrected chi connectivity index (χ0v) is 10.2. The van der Waals surface area contributed by atoms with Gasteiger partial charge < -0.3 is 10.1 Å². The minimum absolute atomic E-state index is 0.00597. The number of hydroxylamine groups is 2. The van der Waals surface area contributed by atoms with Crippen molar-refractivity contribution < 1.29 is 10.0 Å². The van der Waals surface area contributed by atoms with Gasteiger partial charge in [-0.3, -0.25) is 4.79 Å². The Morgan fingerprint density at radius 3 is 2.50 bits per heavy atom. The Bertz CT molecular complexity index is 264. The maximum Gasteiger partial charge on any atom is 0.227 e. The van der Waals surface area contributed by atoms with Gasteiger partial charge in [0.15, 0.2) is 0 Å². The van der Waals surface area contributed by atoms with Crippen LogP contribution in [0, 0.1) is 17.8 Å². The predicted octanol–water partition coefficient (Wildman–Crippen LogP) is 1.20. The molecule has 0 aliphatic carbocycles. The molecule has 0 bridgehead atoms. The summed E-state index contributed by atoms with van der Waals surface area (Å²) in [6.45, 7) is 7.37. The lowest BCUT2D eigenvalue weighted by atomic mass is 9.82. The van der Waals surface area contributed by atoms with E-state index in [1.54, 1.807) is 0 Å². The minimum Gasteiger partial charge on any atom is -0.342 e. The molecule has 1 N–H and O–H groups in total. The number of rotatable bonds is 2. The van der Waals surface area contributed by atoms with Crippen LogP contribution in [0.5, 0.6) is 0 Å². The Morgan fingerprint density at radius 2 is 2.00 bits per heavy atom. The van der Waals surface area contributed by atoms with Crippen LogP contribution in [0.1, 0.15) is 26.7 Å². The lowest BCUT2D eigenvalue weighted by Crippen LogP contribution is -2.51. The summed E-state index contributed by atoms with van der Waals surface area (Å²) in [7, 11) is 0. The Hall–Kier alpha value is -0.610. The molecule has 1 amide bonds. The number of likely N-dealkylation sites (tertiary alicyclic amines) is 1. The number of carbonyl (C=O) groups excluding carboxylic acids is 1. The molecule has 0 spiro atoms. The molecule has 2 saturated heterocycles. The van der Waals surface area contributed by atoms with E-state index in [0.717, 1.165) is 25.9 Å². The van der Waals surface area contributed by atoms with Crippen LogP contribution in [0.2, 0.25) is 0 Å². The SMILES string of the molecule is CC(C)[C@@H]1C[C@H](C(=O)N2CCC2)CN(O)C1. The smallest absolute Gasteiger partial charge is 0.227 e. The van der Waals surface area contributed by atoms with Crippen LogP contribution in [0.4, 0.5) is 0 Å². The highest BCUT2D eigenvalue weighted by atomic mass is 16.5. The predicted molar refractivity (Wildman–Crippen MR) is 61.0 cm³/mol. The van der Waals surface area contributed by atoms with Crippen LogP contribution in [-0.4, -0.2) is 47.3 Å². The molecule has 16 heavy (non-hydrogen) atoms. The van der Waals surface area contributed by atoms with Gasteiger partial charge in [-0.15, -0.1) is 0 Å². The van der Waals surface area contributed by atoms with Crippen molar-refractivity contribution in [1.82, 2.24) is 9.96 Å². The summed E-state index contributed by atoms with van der Waals surface area (Å²) in [6.07, 6.45) is 2.07. The second-order valence-electron chi connectivity index (χ2n) is 5.49. The van der Waals surface area contributed by atoms with E-state index >= 15 is 0 Å². The summed E-state index contributed by atoms with van der Waals surface area (Å²) in [4.78, 5) is 14.0. The second kappa shape index (κ2) is 4.72. The van der Waals surface area contributed by atoms with E-state index in [0.29, 0.717) is 24.9 Å². The van der Waals surface area contributed by atoms with Gasteiger partial charge in [0.2, 0.25) is 5.91 Å². The van der Waals surface area contributed by atoms with Crippen LogP contribution in [-0.2, 0) is 4.79 Å². The Kier molecular flexibility index (Phi) is 3.50. The molecule has 0 aromatic rings. The van der Waals surface area contributed by atoms with Crippen LogP contribution in [0.3, 0.4) is 0 Å². The molecule has 0 aromatic heterocycles. The fraction of sp³-hybridized carbons (Fsp3) is 0.917. The van der Waals surface area contributed by atoms with Crippen molar-refractivity contribution in [2.75, 3.05) is 26.2 Å². The number of carbonyl (C=O) groups is 1. The van der Waals surface area contributed by atoms with Gasteiger partial charge in [-0.05, 0) is 24.7 Å². The van der Waals surface area contributed by atoms with Crippen molar-refractivity contribution in [2.45, 2.75) is 26.7 Å². The van der Waals surface area contributed by atoms with E-state index < -0.39 is 0 Å². The molecule has 2 atom stereocenters. The first-order valence-electron chi connectivity index (χ1n) is 6.30. The molecule has 2 rings (SSSR count). The highest BCUT2D eigenvalue weighted by Crippen LogP contribution is 2.28. The van der Waals surface area contributed by atoms with Gasteiger partial charge in [0.1, 0.15) is 0 Å². The Labute approximate surface area is 97.2 Å². The van der Waals surface area contributed by atoms with Gasteiger partial charge in [-0.25, -0.2) is 0 Å².